The third-order valence-corrected chi connectivity index (χ3v) is 4.55. The third kappa shape index (κ3) is 1.94. The first kappa shape index (κ1) is 13.6. The molecule has 0 bridgehead atoms. The number of nitrogens with zero attached hydrogens (tertiary/aromatic N) is 1. The highest BCUT2D eigenvalue weighted by molar-refractivity contribution is 7.08. The van der Waals surface area contributed by atoms with Gasteiger partial charge in [-0.2, -0.15) is 16.6 Å². The molecule has 6 heteroatoms. The van der Waals surface area contributed by atoms with E-state index in [1.807, 2.05) is 22.9 Å². The average Bonchev–Trinajstić information content (AvgIpc) is 3.08. The van der Waals surface area contributed by atoms with Crippen molar-refractivity contribution in [2.45, 2.75) is 5.92 Å². The van der Waals surface area contributed by atoms with Crippen molar-refractivity contribution < 1.29 is 9.15 Å². The molecule has 0 saturated heterocycles. The highest BCUT2D eigenvalue weighted by Gasteiger charge is 2.35. The van der Waals surface area contributed by atoms with Crippen LogP contribution in [0.15, 0.2) is 61.8 Å². The van der Waals surface area contributed by atoms with Gasteiger partial charge in [0.1, 0.15) is 17.2 Å². The van der Waals surface area contributed by atoms with Crippen LogP contribution in [0.2, 0.25) is 0 Å². The fraction of sp³-hybridized carbons (Fsp3) is 0.0588. The van der Waals surface area contributed by atoms with Crippen LogP contribution < -0.4 is 16.1 Å². The van der Waals surface area contributed by atoms with Crippen molar-refractivity contribution in [2.75, 3.05) is 0 Å². The van der Waals surface area contributed by atoms with Crippen LogP contribution in [0.5, 0.6) is 5.75 Å². The second-order valence-corrected chi connectivity index (χ2v) is 5.89. The van der Waals surface area contributed by atoms with Crippen LogP contribution in [-0.4, -0.2) is 0 Å². The Labute approximate surface area is 134 Å². The fourth-order valence-electron chi connectivity index (χ4n) is 2.84. The summed E-state index contributed by atoms with van der Waals surface area (Å²) in [6, 6.07) is 11.0. The van der Waals surface area contributed by atoms with E-state index in [4.69, 9.17) is 14.9 Å². The first-order chi connectivity index (χ1) is 11.2. The average molecular weight is 322 g/mol. The van der Waals surface area contributed by atoms with Crippen molar-refractivity contribution >= 4 is 22.3 Å². The Morgan fingerprint density at radius 2 is 2.09 bits per heavy atom. The predicted molar refractivity (Wildman–Crippen MR) is 86.1 cm³/mol. The number of nitrogens with two attached hydrogens (primary N) is 1. The van der Waals surface area contributed by atoms with Crippen LogP contribution in [-0.2, 0) is 0 Å². The third-order valence-electron chi connectivity index (χ3n) is 3.85. The van der Waals surface area contributed by atoms with Gasteiger partial charge in [0.05, 0.1) is 16.9 Å². The van der Waals surface area contributed by atoms with Crippen molar-refractivity contribution in [3.8, 4) is 11.8 Å². The molecule has 23 heavy (non-hydrogen) atoms. The lowest BCUT2D eigenvalue weighted by Crippen LogP contribution is -2.26. The summed E-state index contributed by atoms with van der Waals surface area (Å²) in [5.41, 5.74) is 7.21. The first-order valence-corrected chi connectivity index (χ1v) is 7.80. The molecule has 0 unspecified atom stereocenters. The highest BCUT2D eigenvalue weighted by Crippen LogP contribution is 2.43. The Bertz CT molecular complexity index is 1040. The zero-order valence-corrected chi connectivity index (χ0v) is 12.6. The van der Waals surface area contributed by atoms with Crippen LogP contribution in [0, 0.1) is 11.3 Å². The van der Waals surface area contributed by atoms with Crippen molar-refractivity contribution in [3.05, 3.63) is 74.1 Å². The van der Waals surface area contributed by atoms with Gasteiger partial charge in [0, 0.05) is 0 Å². The Kier molecular flexibility index (Phi) is 2.96. The molecule has 0 aliphatic carbocycles. The van der Waals surface area contributed by atoms with Crippen LogP contribution in [0.3, 0.4) is 0 Å². The molecule has 1 aliphatic heterocycles. The van der Waals surface area contributed by atoms with Gasteiger partial charge >= 0.3 is 5.63 Å². The van der Waals surface area contributed by atoms with Crippen molar-refractivity contribution in [1.29, 1.82) is 5.26 Å². The number of benzene rings is 1. The Morgan fingerprint density at radius 1 is 1.26 bits per heavy atom. The number of ether oxygens (including phenoxy) is 1. The quantitative estimate of drug-likeness (QED) is 0.695. The number of fused-ring (bicyclic) bond motifs is 3. The van der Waals surface area contributed by atoms with E-state index in [9.17, 15) is 10.1 Å². The predicted octanol–water partition coefficient (Wildman–Crippen LogP) is 3.07. The van der Waals surface area contributed by atoms with E-state index < -0.39 is 11.5 Å². The number of para-hydroxylation sites is 1. The van der Waals surface area contributed by atoms with E-state index in [1.54, 1.807) is 18.2 Å². The second-order valence-electron chi connectivity index (χ2n) is 5.11. The number of rotatable bonds is 1. The van der Waals surface area contributed by atoms with Gasteiger partial charge in [-0.3, -0.25) is 0 Å². The van der Waals surface area contributed by atoms with Gasteiger partial charge < -0.3 is 14.9 Å². The number of thiophene rings is 1. The van der Waals surface area contributed by atoms with Crippen LogP contribution in [0.4, 0.5) is 0 Å². The molecule has 0 radical (unpaired) electrons. The van der Waals surface area contributed by atoms with Crippen LogP contribution in [0.25, 0.3) is 11.0 Å². The lowest BCUT2D eigenvalue weighted by Gasteiger charge is -2.25. The molecular formula is C17H10N2O3S. The molecule has 112 valence electrons. The summed E-state index contributed by atoms with van der Waals surface area (Å²) in [5, 5.41) is 13.9. The lowest BCUT2D eigenvalue weighted by atomic mass is 9.85. The molecule has 3 aromatic rings. The number of hydrogen-bond donors (Lipinski definition) is 1. The molecule has 0 fully saturated rings. The minimum absolute atomic E-state index is 0.0203. The van der Waals surface area contributed by atoms with Gasteiger partial charge in [-0.05, 0) is 34.5 Å². The van der Waals surface area contributed by atoms with Gasteiger partial charge in [-0.25, -0.2) is 4.79 Å². The molecule has 1 aliphatic rings. The standard InChI is InChI=1S/C17H10N2O3S/c18-7-11-13(9-5-6-23-8-9)14-15(22-16(11)19)10-3-1-2-4-12(10)21-17(14)20/h1-6,8,13H,19H2/t13-/m1/s1. The van der Waals surface area contributed by atoms with Gasteiger partial charge in [0.15, 0.2) is 5.75 Å². The van der Waals surface area contributed by atoms with E-state index in [0.29, 0.717) is 22.3 Å². The number of nitriles is 1. The topological polar surface area (TPSA) is 89.3 Å². The monoisotopic (exact) mass is 322 g/mol. The van der Waals surface area contributed by atoms with Gasteiger partial charge in [0.25, 0.3) is 0 Å². The molecular weight excluding hydrogens is 312 g/mol. The summed E-state index contributed by atoms with van der Waals surface area (Å²) in [4.78, 5) is 12.5. The first-order valence-electron chi connectivity index (χ1n) is 6.86. The van der Waals surface area contributed by atoms with E-state index in [2.05, 4.69) is 6.07 Å². The summed E-state index contributed by atoms with van der Waals surface area (Å²) in [6.45, 7) is 0. The van der Waals surface area contributed by atoms with E-state index >= 15 is 0 Å². The Morgan fingerprint density at radius 3 is 2.83 bits per heavy atom. The number of allylic oxidation sites excluding steroid dienone is 1. The van der Waals surface area contributed by atoms with Crippen LogP contribution >= 0.6 is 11.3 Å². The maximum atomic E-state index is 12.5. The van der Waals surface area contributed by atoms with E-state index in [0.717, 1.165) is 5.56 Å². The van der Waals surface area contributed by atoms with Crippen molar-refractivity contribution in [2.24, 2.45) is 5.73 Å². The maximum absolute atomic E-state index is 12.5. The van der Waals surface area contributed by atoms with Gasteiger partial charge in [-0.1, -0.05) is 12.1 Å². The Hall–Kier alpha value is -3.04. The van der Waals surface area contributed by atoms with Crippen molar-refractivity contribution in [3.63, 3.8) is 0 Å². The molecule has 5 nitrogen and oxygen atoms in total. The molecule has 2 N–H and O–H groups in total. The summed E-state index contributed by atoms with van der Waals surface area (Å²) < 4.78 is 11.0. The van der Waals surface area contributed by atoms with E-state index in [-0.39, 0.29) is 11.5 Å². The molecule has 1 aromatic carbocycles. The summed E-state index contributed by atoms with van der Waals surface area (Å²) in [6.07, 6.45) is 0. The zero-order chi connectivity index (χ0) is 16.0. The molecule has 0 spiro atoms. The lowest BCUT2D eigenvalue weighted by molar-refractivity contribution is 0.388. The summed E-state index contributed by atoms with van der Waals surface area (Å²) in [7, 11) is 0. The van der Waals surface area contributed by atoms with Gasteiger partial charge in [-0.15, -0.1) is 0 Å². The zero-order valence-electron chi connectivity index (χ0n) is 11.8. The van der Waals surface area contributed by atoms with E-state index in [1.165, 1.54) is 11.3 Å². The smallest absolute Gasteiger partial charge is 0.344 e. The molecule has 1 atom stereocenters. The summed E-state index contributed by atoms with van der Waals surface area (Å²) in [5.74, 6) is -0.188. The van der Waals surface area contributed by atoms with Gasteiger partial charge in [0.2, 0.25) is 5.88 Å². The maximum Gasteiger partial charge on any atom is 0.344 e. The normalized spacial score (nSPS) is 16.7. The second kappa shape index (κ2) is 5.00. The van der Waals surface area contributed by atoms with Crippen molar-refractivity contribution in [1.82, 2.24) is 0 Å². The minimum Gasteiger partial charge on any atom is -0.439 e. The molecule has 0 amide bonds. The minimum atomic E-state index is -0.573. The Balaban J connectivity index is 2.11. The molecule has 2 aromatic heterocycles. The largest absolute Gasteiger partial charge is 0.439 e. The fourth-order valence-corrected chi connectivity index (χ4v) is 3.52. The highest BCUT2D eigenvalue weighted by atomic mass is 32.1. The SMILES string of the molecule is N#CC1=C(N)Oc2c(c(=O)oc3ccccc23)[C@@H]1c1ccsc1. The molecule has 0 saturated carbocycles. The molecule has 4 rings (SSSR count). The molecule has 3 heterocycles. The van der Waals surface area contributed by atoms with Crippen LogP contribution in [0.1, 0.15) is 17.0 Å². The summed E-state index contributed by atoms with van der Waals surface area (Å²) >= 11 is 1.48. The number of hydrogen-bond acceptors (Lipinski definition) is 6.